The maximum atomic E-state index is 11.7. The van der Waals surface area contributed by atoms with Gasteiger partial charge in [-0.25, -0.2) is 9.48 Å². The fraction of sp³-hybridized carbons (Fsp3) is 0.417. The zero-order chi connectivity index (χ0) is 14.8. The second-order valence-electron chi connectivity index (χ2n) is 4.32. The molecule has 0 unspecified atom stereocenters. The molecule has 0 bridgehead atoms. The van der Waals surface area contributed by atoms with Gasteiger partial charge in [-0.1, -0.05) is 13.8 Å². The summed E-state index contributed by atoms with van der Waals surface area (Å²) in [5.41, 5.74) is -0.626. The SMILES string of the molecule is CCC(CC)(C(=O)O)n1nnnc1-c1ccc(Br)cn1. The Labute approximate surface area is 124 Å². The van der Waals surface area contributed by atoms with Crippen molar-refractivity contribution < 1.29 is 9.90 Å². The second kappa shape index (κ2) is 5.66. The van der Waals surface area contributed by atoms with Crippen molar-refractivity contribution in [2.45, 2.75) is 32.2 Å². The van der Waals surface area contributed by atoms with Gasteiger partial charge in [0, 0.05) is 10.7 Å². The molecule has 2 rings (SSSR count). The van der Waals surface area contributed by atoms with Gasteiger partial charge < -0.3 is 5.11 Å². The highest BCUT2D eigenvalue weighted by Crippen LogP contribution is 2.29. The molecule has 2 aromatic heterocycles. The molecule has 0 saturated heterocycles. The molecule has 20 heavy (non-hydrogen) atoms. The van der Waals surface area contributed by atoms with Gasteiger partial charge in [0.05, 0.1) is 0 Å². The Balaban J connectivity index is 2.57. The van der Waals surface area contributed by atoms with Crippen LogP contribution >= 0.6 is 15.9 Å². The zero-order valence-corrected chi connectivity index (χ0v) is 12.7. The van der Waals surface area contributed by atoms with Crippen molar-refractivity contribution in [3.05, 3.63) is 22.8 Å². The van der Waals surface area contributed by atoms with Crippen molar-refractivity contribution in [3.8, 4) is 11.5 Å². The maximum absolute atomic E-state index is 11.7. The van der Waals surface area contributed by atoms with E-state index in [0.717, 1.165) is 4.47 Å². The quantitative estimate of drug-likeness (QED) is 0.896. The first kappa shape index (κ1) is 14.6. The number of pyridine rings is 1. The molecule has 0 radical (unpaired) electrons. The number of carbonyl (C=O) groups is 1. The number of carboxylic acid groups (broad SMARTS) is 1. The van der Waals surface area contributed by atoms with Crippen LogP contribution in [-0.2, 0) is 10.3 Å². The van der Waals surface area contributed by atoms with Crippen LogP contribution < -0.4 is 0 Å². The average molecular weight is 340 g/mol. The largest absolute Gasteiger partial charge is 0.479 e. The molecule has 0 fully saturated rings. The number of rotatable bonds is 5. The first-order chi connectivity index (χ1) is 9.55. The fourth-order valence-corrected chi connectivity index (χ4v) is 2.32. The molecule has 0 spiro atoms. The number of tetrazole rings is 1. The first-order valence-electron chi connectivity index (χ1n) is 6.19. The van der Waals surface area contributed by atoms with Crippen LogP contribution in [0.25, 0.3) is 11.5 Å². The summed E-state index contributed by atoms with van der Waals surface area (Å²) in [5, 5.41) is 21.0. The number of aromatic nitrogens is 5. The summed E-state index contributed by atoms with van der Waals surface area (Å²) >= 11 is 3.30. The molecule has 2 heterocycles. The molecular formula is C12H14BrN5O2. The molecule has 1 N–H and O–H groups in total. The molecule has 7 nitrogen and oxygen atoms in total. The average Bonchev–Trinajstić information content (AvgIpc) is 2.91. The summed E-state index contributed by atoms with van der Waals surface area (Å²) in [6.45, 7) is 3.61. The Bertz CT molecular complexity index is 607. The number of nitrogens with zero attached hydrogens (tertiary/aromatic N) is 5. The van der Waals surface area contributed by atoms with Gasteiger partial charge in [-0.15, -0.1) is 5.10 Å². The lowest BCUT2D eigenvalue weighted by Crippen LogP contribution is -2.42. The Morgan fingerprint density at radius 2 is 2.10 bits per heavy atom. The van der Waals surface area contributed by atoms with E-state index in [1.165, 1.54) is 4.68 Å². The minimum atomic E-state index is -1.16. The first-order valence-corrected chi connectivity index (χ1v) is 6.98. The predicted octanol–water partition coefficient (Wildman–Crippen LogP) is 2.10. The normalized spacial score (nSPS) is 11.6. The molecule has 2 aromatic rings. The monoisotopic (exact) mass is 339 g/mol. The smallest absolute Gasteiger partial charge is 0.331 e. The standard InChI is InChI=1S/C12H14BrN5O2/c1-3-12(4-2,11(19)20)18-10(15-16-17-18)9-6-5-8(13)7-14-9/h5-7H,3-4H2,1-2H3,(H,19,20). The predicted molar refractivity (Wildman–Crippen MR) is 74.9 cm³/mol. The summed E-state index contributed by atoms with van der Waals surface area (Å²) in [6.07, 6.45) is 2.38. The second-order valence-corrected chi connectivity index (χ2v) is 5.24. The molecule has 0 aliphatic heterocycles. The van der Waals surface area contributed by atoms with E-state index in [4.69, 9.17) is 0 Å². The molecule has 0 aliphatic carbocycles. The van der Waals surface area contributed by atoms with E-state index in [1.807, 2.05) is 6.07 Å². The van der Waals surface area contributed by atoms with Crippen molar-refractivity contribution in [1.82, 2.24) is 25.2 Å². The zero-order valence-electron chi connectivity index (χ0n) is 11.1. The number of hydrogen-bond donors (Lipinski definition) is 1. The van der Waals surface area contributed by atoms with E-state index in [2.05, 4.69) is 36.4 Å². The summed E-state index contributed by atoms with van der Waals surface area (Å²) in [4.78, 5) is 15.9. The van der Waals surface area contributed by atoms with Crippen molar-refractivity contribution in [2.75, 3.05) is 0 Å². The van der Waals surface area contributed by atoms with E-state index in [-0.39, 0.29) is 0 Å². The lowest BCUT2D eigenvalue weighted by molar-refractivity contribution is -0.148. The molecule has 0 saturated carbocycles. The Hall–Kier alpha value is -1.83. The molecule has 0 amide bonds. The van der Waals surface area contributed by atoms with E-state index in [1.54, 1.807) is 26.1 Å². The van der Waals surface area contributed by atoms with Gasteiger partial charge in [-0.3, -0.25) is 4.98 Å². The van der Waals surface area contributed by atoms with Crippen LogP contribution in [0.2, 0.25) is 0 Å². The van der Waals surface area contributed by atoms with Crippen molar-refractivity contribution in [2.24, 2.45) is 0 Å². The maximum Gasteiger partial charge on any atom is 0.331 e. The van der Waals surface area contributed by atoms with Gasteiger partial charge in [-0.2, -0.15) is 0 Å². The van der Waals surface area contributed by atoms with E-state index in [9.17, 15) is 9.90 Å². The van der Waals surface area contributed by atoms with Crippen molar-refractivity contribution >= 4 is 21.9 Å². The van der Waals surface area contributed by atoms with Crippen LogP contribution in [0.4, 0.5) is 0 Å². The van der Waals surface area contributed by atoms with Gasteiger partial charge in [0.15, 0.2) is 5.54 Å². The molecular weight excluding hydrogens is 326 g/mol. The Kier molecular flexibility index (Phi) is 4.12. The third-order valence-electron chi connectivity index (χ3n) is 3.40. The number of halogens is 1. The van der Waals surface area contributed by atoms with E-state index < -0.39 is 11.5 Å². The van der Waals surface area contributed by atoms with Crippen LogP contribution in [0.3, 0.4) is 0 Å². The summed E-state index contributed by atoms with van der Waals surface area (Å²) < 4.78 is 2.18. The molecule has 106 valence electrons. The lowest BCUT2D eigenvalue weighted by Gasteiger charge is -2.27. The Morgan fingerprint density at radius 1 is 1.40 bits per heavy atom. The van der Waals surface area contributed by atoms with Crippen molar-refractivity contribution in [3.63, 3.8) is 0 Å². The Morgan fingerprint density at radius 3 is 2.60 bits per heavy atom. The van der Waals surface area contributed by atoms with Gasteiger partial charge in [0.1, 0.15) is 5.69 Å². The van der Waals surface area contributed by atoms with Crippen molar-refractivity contribution in [1.29, 1.82) is 0 Å². The lowest BCUT2D eigenvalue weighted by atomic mass is 9.93. The van der Waals surface area contributed by atoms with Gasteiger partial charge in [0.25, 0.3) is 0 Å². The topological polar surface area (TPSA) is 93.8 Å². The van der Waals surface area contributed by atoms with E-state index in [0.29, 0.717) is 24.4 Å². The van der Waals surface area contributed by atoms with Crippen LogP contribution in [0, 0.1) is 0 Å². The molecule has 0 atom stereocenters. The summed E-state index contributed by atoms with van der Waals surface area (Å²) in [6, 6.07) is 3.55. The van der Waals surface area contributed by atoms with Gasteiger partial charge >= 0.3 is 5.97 Å². The minimum Gasteiger partial charge on any atom is -0.479 e. The number of hydrogen-bond acceptors (Lipinski definition) is 5. The summed E-state index contributed by atoms with van der Waals surface area (Å²) in [7, 11) is 0. The van der Waals surface area contributed by atoms with Gasteiger partial charge in [0.2, 0.25) is 5.82 Å². The fourth-order valence-electron chi connectivity index (χ4n) is 2.09. The number of carboxylic acids is 1. The number of aliphatic carboxylic acids is 1. The van der Waals surface area contributed by atoms with Crippen LogP contribution in [0.5, 0.6) is 0 Å². The molecule has 0 aromatic carbocycles. The summed E-state index contributed by atoms with van der Waals surface area (Å²) in [5.74, 6) is -0.600. The molecule has 0 aliphatic rings. The third kappa shape index (κ3) is 2.31. The van der Waals surface area contributed by atoms with E-state index >= 15 is 0 Å². The van der Waals surface area contributed by atoms with Crippen LogP contribution in [0.15, 0.2) is 22.8 Å². The molecule has 8 heteroatoms. The van der Waals surface area contributed by atoms with Crippen LogP contribution in [0.1, 0.15) is 26.7 Å². The third-order valence-corrected chi connectivity index (χ3v) is 3.87. The highest BCUT2D eigenvalue weighted by molar-refractivity contribution is 9.10. The van der Waals surface area contributed by atoms with Crippen LogP contribution in [-0.4, -0.2) is 36.3 Å². The van der Waals surface area contributed by atoms with Gasteiger partial charge in [-0.05, 0) is 51.3 Å². The highest BCUT2D eigenvalue weighted by atomic mass is 79.9. The minimum absolute atomic E-state index is 0.351. The highest BCUT2D eigenvalue weighted by Gasteiger charge is 2.40.